The van der Waals surface area contributed by atoms with E-state index in [1.165, 1.54) is 71.0 Å². The lowest BCUT2D eigenvalue weighted by Crippen LogP contribution is -2.29. The summed E-state index contributed by atoms with van der Waals surface area (Å²) in [5, 5.41) is 5.17. The summed E-state index contributed by atoms with van der Waals surface area (Å²) in [7, 11) is 0. The predicted octanol–water partition coefficient (Wildman–Crippen LogP) is 8.57. The smallest absolute Gasteiger partial charge is 0.000730 e. The number of hydrogen-bond acceptors (Lipinski definition) is 0. The van der Waals surface area contributed by atoms with Crippen LogP contribution in [-0.2, 0) is 10.8 Å². The van der Waals surface area contributed by atoms with Gasteiger partial charge in [0.1, 0.15) is 0 Å². The molecule has 199 valence electrons. The molecule has 0 amide bonds. The molecule has 4 aromatic carbocycles. The van der Waals surface area contributed by atoms with Crippen molar-refractivity contribution in [3.63, 3.8) is 0 Å². The first kappa shape index (κ1) is 26.3. The average molecular weight is 520 g/mol. The molecule has 0 heterocycles. The highest BCUT2D eigenvalue weighted by atomic mass is 14.3. The maximum Gasteiger partial charge on any atom is -0.000730 e. The number of hydrogen-bond donors (Lipinski definition) is 0. The van der Waals surface area contributed by atoms with Gasteiger partial charge < -0.3 is 0 Å². The van der Waals surface area contributed by atoms with E-state index in [0.29, 0.717) is 0 Å². The molecule has 1 radical (unpaired) electrons. The maximum absolute atomic E-state index is 3.92. The van der Waals surface area contributed by atoms with Crippen LogP contribution in [0.2, 0.25) is 0 Å². The van der Waals surface area contributed by atoms with Crippen molar-refractivity contribution in [1.82, 2.24) is 0 Å². The Hall–Kier alpha value is -3.90. The Balaban J connectivity index is 1.90. The van der Waals surface area contributed by atoms with E-state index in [1.54, 1.807) is 0 Å². The van der Waals surface area contributed by atoms with Crippen LogP contribution < -0.4 is 10.4 Å². The fourth-order valence-corrected chi connectivity index (χ4v) is 6.18. The van der Waals surface area contributed by atoms with Crippen LogP contribution in [0.1, 0.15) is 88.3 Å². The standard InChI is InChI=1S/C40H39/c1-26-18-19-30(22-26)37-34-23-29-20-21-31(39(2,3)4)24-32(29)33(34)25-35(40(5,6)7)38(37)36(27-14-10-8-11-15-27)28-16-12-9-13-17-28/h8-18,20-22,24-25H,19H2,1-7H3. The van der Waals surface area contributed by atoms with E-state index < -0.39 is 0 Å². The van der Waals surface area contributed by atoms with Crippen molar-refractivity contribution in [1.29, 1.82) is 0 Å². The van der Waals surface area contributed by atoms with E-state index in [4.69, 9.17) is 0 Å². The van der Waals surface area contributed by atoms with E-state index in [2.05, 4.69) is 152 Å². The van der Waals surface area contributed by atoms with Crippen molar-refractivity contribution in [2.75, 3.05) is 0 Å². The molecule has 0 aliphatic heterocycles. The highest BCUT2D eigenvalue weighted by molar-refractivity contribution is 5.88. The molecule has 0 saturated carbocycles. The normalized spacial score (nSPS) is 14.3. The molecule has 0 saturated heterocycles. The Bertz CT molecular complexity index is 1860. The molecular weight excluding hydrogens is 480 g/mol. The number of rotatable bonds is 3. The number of fused-ring (bicyclic) bond motifs is 2. The Labute approximate surface area is 239 Å². The highest BCUT2D eigenvalue weighted by Crippen LogP contribution is 2.35. The van der Waals surface area contributed by atoms with Gasteiger partial charge in [-0.05, 0) is 108 Å². The van der Waals surface area contributed by atoms with Crippen LogP contribution in [0.5, 0.6) is 0 Å². The summed E-state index contributed by atoms with van der Waals surface area (Å²) in [6, 6.07) is 31.4. The van der Waals surface area contributed by atoms with E-state index in [0.717, 1.165) is 6.42 Å². The zero-order valence-corrected chi connectivity index (χ0v) is 24.9. The van der Waals surface area contributed by atoms with Gasteiger partial charge in [0.2, 0.25) is 0 Å². The molecule has 2 aliphatic rings. The van der Waals surface area contributed by atoms with Gasteiger partial charge in [0.15, 0.2) is 0 Å². The first-order chi connectivity index (χ1) is 19.0. The Kier molecular flexibility index (Phi) is 6.34. The van der Waals surface area contributed by atoms with Crippen molar-refractivity contribution >= 4 is 17.2 Å². The van der Waals surface area contributed by atoms with E-state index in [9.17, 15) is 0 Å². The Morgan fingerprint density at radius 2 is 1.32 bits per heavy atom. The van der Waals surface area contributed by atoms with Crippen molar-refractivity contribution in [2.45, 2.75) is 65.7 Å². The van der Waals surface area contributed by atoms with Gasteiger partial charge in [0.25, 0.3) is 0 Å². The summed E-state index contributed by atoms with van der Waals surface area (Å²) in [6.07, 6.45) is 9.62. The van der Waals surface area contributed by atoms with Crippen molar-refractivity contribution in [3.8, 4) is 0 Å². The van der Waals surface area contributed by atoms with Crippen molar-refractivity contribution < 1.29 is 0 Å². The maximum atomic E-state index is 3.92. The summed E-state index contributed by atoms with van der Waals surface area (Å²) in [4.78, 5) is 0. The van der Waals surface area contributed by atoms with E-state index in [-0.39, 0.29) is 10.8 Å². The van der Waals surface area contributed by atoms with Crippen LogP contribution >= 0.6 is 0 Å². The van der Waals surface area contributed by atoms with Crippen LogP contribution in [0.15, 0.2) is 103 Å². The molecule has 40 heavy (non-hydrogen) atoms. The summed E-state index contributed by atoms with van der Waals surface area (Å²) < 4.78 is 0. The minimum atomic E-state index is -0.0695. The summed E-state index contributed by atoms with van der Waals surface area (Å²) >= 11 is 0. The van der Waals surface area contributed by atoms with Gasteiger partial charge in [-0.15, -0.1) is 0 Å². The lowest BCUT2D eigenvalue weighted by atomic mass is 9.78. The minimum Gasteiger partial charge on any atom is -0.0772 e. The third kappa shape index (κ3) is 4.60. The fraction of sp³-hybridized carbons (Fsp3) is 0.250. The first-order valence-electron chi connectivity index (χ1n) is 14.5. The third-order valence-electron chi connectivity index (χ3n) is 8.31. The van der Waals surface area contributed by atoms with Gasteiger partial charge in [0.05, 0.1) is 0 Å². The van der Waals surface area contributed by atoms with Crippen LogP contribution in [0, 0.1) is 10.4 Å². The molecule has 0 heteroatoms. The molecule has 6 rings (SSSR count). The number of benzene rings is 4. The fourth-order valence-electron chi connectivity index (χ4n) is 6.18. The molecule has 0 spiro atoms. The molecule has 0 unspecified atom stereocenters. The van der Waals surface area contributed by atoms with Gasteiger partial charge in [-0.2, -0.15) is 0 Å². The molecule has 0 bridgehead atoms. The van der Waals surface area contributed by atoms with Crippen molar-refractivity contribution in [3.05, 3.63) is 157 Å². The Morgan fingerprint density at radius 1 is 0.700 bits per heavy atom. The van der Waals surface area contributed by atoms with Gasteiger partial charge in [0, 0.05) is 0 Å². The summed E-state index contributed by atoms with van der Waals surface area (Å²) in [6.45, 7) is 16.2. The Morgan fingerprint density at radius 3 is 1.85 bits per heavy atom. The molecular formula is C40H39. The lowest BCUT2D eigenvalue weighted by molar-refractivity contribution is 0.584. The first-order valence-corrected chi connectivity index (χ1v) is 14.5. The minimum absolute atomic E-state index is 0.0695. The SMILES string of the molecule is CC1=CCC(c2c3c(cc(C(C)(C)C)c2=C(c2ccccc2)c2ccccc2)=c2cc(C(C)(C)C)ccc2=[C]3)=C1. The van der Waals surface area contributed by atoms with Crippen LogP contribution in [0.3, 0.4) is 0 Å². The van der Waals surface area contributed by atoms with Gasteiger partial charge >= 0.3 is 0 Å². The predicted molar refractivity (Wildman–Crippen MR) is 171 cm³/mol. The largest absolute Gasteiger partial charge is 0.0772 e. The monoisotopic (exact) mass is 519 g/mol. The lowest BCUT2D eigenvalue weighted by Gasteiger charge is -2.26. The van der Waals surface area contributed by atoms with E-state index >= 15 is 0 Å². The van der Waals surface area contributed by atoms with Crippen molar-refractivity contribution in [2.24, 2.45) is 0 Å². The second-order valence-electron chi connectivity index (χ2n) is 13.4. The number of allylic oxidation sites excluding steroid dienone is 4. The van der Waals surface area contributed by atoms with Crippen LogP contribution in [0.4, 0.5) is 0 Å². The molecule has 0 atom stereocenters. The summed E-state index contributed by atoms with van der Waals surface area (Å²) in [5.74, 6) is 0. The van der Waals surface area contributed by atoms with Gasteiger partial charge in [-0.1, -0.05) is 132 Å². The third-order valence-corrected chi connectivity index (χ3v) is 8.31. The molecule has 0 aromatic heterocycles. The molecule has 0 N–H and O–H groups in total. The molecule has 0 nitrogen and oxygen atoms in total. The zero-order valence-electron chi connectivity index (χ0n) is 24.9. The van der Waals surface area contributed by atoms with Crippen LogP contribution in [-0.4, -0.2) is 0 Å². The highest BCUT2D eigenvalue weighted by Gasteiger charge is 2.26. The van der Waals surface area contributed by atoms with Gasteiger partial charge in [-0.25, -0.2) is 0 Å². The zero-order chi connectivity index (χ0) is 28.2. The van der Waals surface area contributed by atoms with Crippen LogP contribution in [0.25, 0.3) is 17.2 Å². The topological polar surface area (TPSA) is 0 Å². The average Bonchev–Trinajstić information content (AvgIpc) is 3.51. The quantitative estimate of drug-likeness (QED) is 0.224. The molecule has 4 aromatic rings. The second-order valence-corrected chi connectivity index (χ2v) is 13.4. The molecule has 0 fully saturated rings. The molecule has 2 aliphatic carbocycles. The summed E-state index contributed by atoms with van der Waals surface area (Å²) in [5.41, 5.74) is 11.8. The van der Waals surface area contributed by atoms with Gasteiger partial charge in [-0.3, -0.25) is 0 Å². The van der Waals surface area contributed by atoms with E-state index in [1.807, 2.05) is 0 Å². The second kappa shape index (κ2) is 9.63.